The van der Waals surface area contributed by atoms with Crippen molar-refractivity contribution in [3.63, 3.8) is 0 Å². The molecule has 0 unspecified atom stereocenters. The van der Waals surface area contributed by atoms with Gasteiger partial charge in [-0.2, -0.15) is 0 Å². The first-order valence-corrected chi connectivity index (χ1v) is 5.27. The number of carboxylic acid groups (broad SMARTS) is 1. The maximum absolute atomic E-state index is 10.5. The lowest BCUT2D eigenvalue weighted by molar-refractivity contribution is -0.136. The Kier molecular flexibility index (Phi) is 4.79. The van der Waals surface area contributed by atoms with Gasteiger partial charge in [-0.3, -0.25) is 4.79 Å². The zero-order chi connectivity index (χ0) is 12.0. The number of hydrogen-bond acceptors (Lipinski definition) is 3. The Morgan fingerprint density at radius 2 is 2.12 bits per heavy atom. The van der Waals surface area contributed by atoms with Crippen molar-refractivity contribution in [1.82, 2.24) is 0 Å². The normalized spacial score (nSPS) is 10.1. The van der Waals surface area contributed by atoms with Crippen LogP contribution in [0.25, 0.3) is 0 Å². The monoisotopic (exact) mass is 223 g/mol. The quantitative estimate of drug-likeness (QED) is 0.762. The number of anilines is 1. The topological polar surface area (TPSA) is 60.8 Å². The van der Waals surface area contributed by atoms with Crippen LogP contribution in [0.3, 0.4) is 0 Å². The fourth-order valence-electron chi connectivity index (χ4n) is 1.55. The molecule has 4 nitrogen and oxygen atoms in total. The summed E-state index contributed by atoms with van der Waals surface area (Å²) in [6.07, 6.45) is 0.0773. The molecule has 0 saturated carbocycles. The number of aryl methyl sites for hydroxylation is 1. The van der Waals surface area contributed by atoms with E-state index in [0.717, 1.165) is 11.3 Å². The highest BCUT2D eigenvalue weighted by Gasteiger charge is 2.07. The van der Waals surface area contributed by atoms with Crippen molar-refractivity contribution in [3.05, 3.63) is 29.8 Å². The first-order chi connectivity index (χ1) is 7.63. The Hall–Kier alpha value is -1.55. The summed E-state index contributed by atoms with van der Waals surface area (Å²) in [6, 6.07) is 7.82. The number of carbonyl (C=O) groups is 1. The molecule has 0 aliphatic rings. The zero-order valence-electron chi connectivity index (χ0n) is 9.39. The van der Waals surface area contributed by atoms with Crippen LogP contribution in [0.4, 0.5) is 5.69 Å². The Morgan fingerprint density at radius 3 is 2.69 bits per heavy atom. The highest BCUT2D eigenvalue weighted by molar-refractivity contribution is 5.67. The Labute approximate surface area is 95.1 Å². The summed E-state index contributed by atoms with van der Waals surface area (Å²) in [5, 5.41) is 17.6. The predicted octanol–water partition coefficient (Wildman–Crippen LogP) is 1.27. The summed E-state index contributed by atoms with van der Waals surface area (Å²) >= 11 is 0. The van der Waals surface area contributed by atoms with E-state index in [-0.39, 0.29) is 13.0 Å². The summed E-state index contributed by atoms with van der Waals surface area (Å²) in [5.41, 5.74) is 2.08. The standard InChI is InChI=1S/C12H17NO3/c1-10-3-2-4-11(9-10)13(7-8-14)6-5-12(15)16/h2-4,9,14H,5-8H2,1H3,(H,15,16). The van der Waals surface area contributed by atoms with Crippen LogP contribution in [-0.2, 0) is 4.79 Å². The van der Waals surface area contributed by atoms with E-state index in [1.165, 1.54) is 0 Å². The van der Waals surface area contributed by atoms with Crippen LogP contribution in [0.5, 0.6) is 0 Å². The third-order valence-electron chi connectivity index (χ3n) is 2.33. The van der Waals surface area contributed by atoms with Crippen LogP contribution in [0, 0.1) is 6.92 Å². The molecule has 0 aliphatic carbocycles. The number of rotatable bonds is 6. The minimum atomic E-state index is -0.824. The molecule has 4 heteroatoms. The lowest BCUT2D eigenvalue weighted by Gasteiger charge is -2.23. The Bertz CT molecular complexity index is 352. The molecule has 0 heterocycles. The third kappa shape index (κ3) is 3.90. The van der Waals surface area contributed by atoms with Crippen molar-refractivity contribution >= 4 is 11.7 Å². The number of nitrogens with zero attached hydrogens (tertiary/aromatic N) is 1. The summed E-state index contributed by atoms with van der Waals surface area (Å²) in [5.74, 6) is -0.824. The van der Waals surface area contributed by atoms with Gasteiger partial charge in [-0.05, 0) is 24.6 Å². The summed E-state index contributed by atoms with van der Waals surface area (Å²) in [4.78, 5) is 12.4. The Balaban J connectivity index is 2.72. The number of aliphatic hydroxyl groups is 1. The van der Waals surface area contributed by atoms with Crippen LogP contribution >= 0.6 is 0 Å². The fourth-order valence-corrected chi connectivity index (χ4v) is 1.55. The zero-order valence-corrected chi connectivity index (χ0v) is 9.39. The second-order valence-electron chi connectivity index (χ2n) is 3.69. The second kappa shape index (κ2) is 6.12. The first kappa shape index (κ1) is 12.5. The molecule has 16 heavy (non-hydrogen) atoms. The molecule has 1 rings (SSSR count). The molecular weight excluding hydrogens is 206 g/mol. The maximum Gasteiger partial charge on any atom is 0.305 e. The van der Waals surface area contributed by atoms with Gasteiger partial charge in [0.1, 0.15) is 0 Å². The molecule has 0 aliphatic heterocycles. The van der Waals surface area contributed by atoms with E-state index in [4.69, 9.17) is 10.2 Å². The molecule has 0 bridgehead atoms. The highest BCUT2D eigenvalue weighted by Crippen LogP contribution is 2.15. The van der Waals surface area contributed by atoms with Crippen molar-refractivity contribution in [1.29, 1.82) is 0 Å². The summed E-state index contributed by atoms with van der Waals surface area (Å²) in [7, 11) is 0. The van der Waals surface area contributed by atoms with E-state index in [1.807, 2.05) is 36.1 Å². The van der Waals surface area contributed by atoms with Gasteiger partial charge in [-0.25, -0.2) is 0 Å². The molecule has 0 amide bonds. The third-order valence-corrected chi connectivity index (χ3v) is 2.33. The van der Waals surface area contributed by atoms with Crippen LogP contribution in [-0.4, -0.2) is 35.9 Å². The van der Waals surface area contributed by atoms with Gasteiger partial charge in [-0.15, -0.1) is 0 Å². The first-order valence-electron chi connectivity index (χ1n) is 5.27. The van der Waals surface area contributed by atoms with E-state index >= 15 is 0 Å². The van der Waals surface area contributed by atoms with Crippen molar-refractivity contribution in [2.45, 2.75) is 13.3 Å². The van der Waals surface area contributed by atoms with Crippen molar-refractivity contribution < 1.29 is 15.0 Å². The van der Waals surface area contributed by atoms with Gasteiger partial charge in [-0.1, -0.05) is 12.1 Å². The van der Waals surface area contributed by atoms with Crippen molar-refractivity contribution in [3.8, 4) is 0 Å². The Morgan fingerprint density at radius 1 is 1.38 bits per heavy atom. The average Bonchev–Trinajstić information content (AvgIpc) is 2.24. The average molecular weight is 223 g/mol. The van der Waals surface area contributed by atoms with Crippen molar-refractivity contribution in [2.75, 3.05) is 24.6 Å². The minimum Gasteiger partial charge on any atom is -0.481 e. The highest BCUT2D eigenvalue weighted by atomic mass is 16.4. The molecule has 0 saturated heterocycles. The van der Waals surface area contributed by atoms with Crippen LogP contribution in [0.15, 0.2) is 24.3 Å². The lowest BCUT2D eigenvalue weighted by Crippen LogP contribution is -2.29. The molecule has 88 valence electrons. The largest absolute Gasteiger partial charge is 0.481 e. The van der Waals surface area contributed by atoms with E-state index < -0.39 is 5.97 Å². The summed E-state index contributed by atoms with van der Waals surface area (Å²) in [6.45, 7) is 2.88. The van der Waals surface area contributed by atoms with Crippen LogP contribution in [0.2, 0.25) is 0 Å². The van der Waals surface area contributed by atoms with Gasteiger partial charge in [0.25, 0.3) is 0 Å². The molecule has 1 aromatic rings. The maximum atomic E-state index is 10.5. The predicted molar refractivity (Wildman–Crippen MR) is 62.7 cm³/mol. The van der Waals surface area contributed by atoms with Gasteiger partial charge in [0.15, 0.2) is 0 Å². The van der Waals surface area contributed by atoms with Gasteiger partial charge < -0.3 is 15.1 Å². The number of carboxylic acids is 1. The lowest BCUT2D eigenvalue weighted by atomic mass is 10.2. The number of aliphatic hydroxyl groups excluding tert-OH is 1. The van der Waals surface area contributed by atoms with Gasteiger partial charge >= 0.3 is 5.97 Å². The van der Waals surface area contributed by atoms with Crippen LogP contribution in [0.1, 0.15) is 12.0 Å². The molecule has 0 radical (unpaired) electrons. The number of hydrogen-bond donors (Lipinski definition) is 2. The van der Waals surface area contributed by atoms with Crippen LogP contribution < -0.4 is 4.90 Å². The second-order valence-corrected chi connectivity index (χ2v) is 3.69. The van der Waals surface area contributed by atoms with E-state index in [1.54, 1.807) is 0 Å². The molecule has 0 aromatic heterocycles. The van der Waals surface area contributed by atoms with Gasteiger partial charge in [0.2, 0.25) is 0 Å². The number of aliphatic carboxylic acids is 1. The van der Waals surface area contributed by atoms with E-state index in [2.05, 4.69) is 0 Å². The number of benzene rings is 1. The molecule has 0 fully saturated rings. The summed E-state index contributed by atoms with van der Waals surface area (Å²) < 4.78 is 0. The van der Waals surface area contributed by atoms with Gasteiger partial charge in [0.05, 0.1) is 13.0 Å². The molecule has 2 N–H and O–H groups in total. The fraction of sp³-hybridized carbons (Fsp3) is 0.417. The van der Waals surface area contributed by atoms with Crippen molar-refractivity contribution in [2.24, 2.45) is 0 Å². The molecular formula is C12H17NO3. The molecule has 1 aromatic carbocycles. The molecule has 0 spiro atoms. The smallest absolute Gasteiger partial charge is 0.305 e. The van der Waals surface area contributed by atoms with E-state index in [0.29, 0.717) is 13.1 Å². The SMILES string of the molecule is Cc1cccc(N(CCO)CCC(=O)O)c1. The van der Waals surface area contributed by atoms with Gasteiger partial charge in [0, 0.05) is 18.8 Å². The minimum absolute atomic E-state index is 0.0214. The molecule has 0 atom stereocenters. The van der Waals surface area contributed by atoms with E-state index in [9.17, 15) is 4.79 Å².